The van der Waals surface area contributed by atoms with E-state index in [1.807, 2.05) is 30.3 Å². The third-order valence-electron chi connectivity index (χ3n) is 2.17. The van der Waals surface area contributed by atoms with E-state index in [4.69, 9.17) is 4.74 Å². The molecular weight excluding hydrogens is 218 g/mol. The van der Waals surface area contributed by atoms with Gasteiger partial charge in [0.2, 0.25) is 5.91 Å². The Morgan fingerprint density at radius 2 is 1.94 bits per heavy atom. The molecule has 1 rings (SSSR count). The molecule has 0 unspecified atom stereocenters. The highest BCUT2D eigenvalue weighted by Crippen LogP contribution is 2.02. The summed E-state index contributed by atoms with van der Waals surface area (Å²) in [6.45, 7) is 3.46. The van der Waals surface area contributed by atoms with Crippen LogP contribution in [0.2, 0.25) is 0 Å². The Morgan fingerprint density at radius 1 is 1.29 bits per heavy atom. The number of carbonyl (C=O) groups is 2. The molecule has 4 nitrogen and oxygen atoms in total. The molecule has 0 bridgehead atoms. The lowest BCUT2D eigenvalue weighted by Crippen LogP contribution is -2.32. The zero-order valence-corrected chi connectivity index (χ0v) is 10.1. The van der Waals surface area contributed by atoms with Crippen molar-refractivity contribution in [3.63, 3.8) is 0 Å². The molecular formula is C13H17NO3. The van der Waals surface area contributed by atoms with E-state index in [9.17, 15) is 9.59 Å². The molecule has 4 heteroatoms. The predicted octanol–water partition coefficient (Wildman–Crippen LogP) is 1.64. The van der Waals surface area contributed by atoms with Crippen LogP contribution >= 0.6 is 0 Å². The smallest absolute Gasteiger partial charge is 0.308 e. The fourth-order valence-electron chi connectivity index (χ4n) is 1.45. The third kappa shape index (κ3) is 5.70. The minimum Gasteiger partial charge on any atom is -0.461 e. The van der Waals surface area contributed by atoms with Gasteiger partial charge in [0.05, 0.1) is 6.42 Å². The van der Waals surface area contributed by atoms with Crippen molar-refractivity contribution in [1.82, 2.24) is 5.32 Å². The van der Waals surface area contributed by atoms with Gasteiger partial charge >= 0.3 is 5.97 Å². The normalized spacial score (nSPS) is 11.6. The maximum absolute atomic E-state index is 11.4. The van der Waals surface area contributed by atoms with Gasteiger partial charge in [0.1, 0.15) is 6.61 Å². The summed E-state index contributed by atoms with van der Waals surface area (Å²) in [5, 5.41) is 2.63. The number of amides is 1. The van der Waals surface area contributed by atoms with Gasteiger partial charge in [-0.2, -0.15) is 0 Å². The van der Waals surface area contributed by atoms with Crippen LogP contribution in [0.15, 0.2) is 30.3 Å². The van der Waals surface area contributed by atoms with Gasteiger partial charge in [-0.1, -0.05) is 30.3 Å². The molecule has 0 saturated carbocycles. The topological polar surface area (TPSA) is 55.4 Å². The van der Waals surface area contributed by atoms with Crippen molar-refractivity contribution in [3.05, 3.63) is 35.9 Å². The van der Waals surface area contributed by atoms with Gasteiger partial charge in [-0.3, -0.25) is 9.59 Å². The number of nitrogens with one attached hydrogen (secondary N) is 1. The lowest BCUT2D eigenvalue weighted by Gasteiger charge is -2.11. The van der Waals surface area contributed by atoms with Crippen molar-refractivity contribution in [2.75, 3.05) is 0 Å². The number of ether oxygens (including phenoxy) is 1. The summed E-state index contributed by atoms with van der Waals surface area (Å²) in [5.74, 6) is -0.455. The number of hydrogen-bond acceptors (Lipinski definition) is 3. The number of carbonyl (C=O) groups excluding carboxylic acids is 2. The number of rotatable bonds is 5. The molecule has 1 aromatic carbocycles. The van der Waals surface area contributed by atoms with Crippen LogP contribution in [0.4, 0.5) is 0 Å². The Morgan fingerprint density at radius 3 is 2.53 bits per heavy atom. The Balaban J connectivity index is 2.28. The average molecular weight is 235 g/mol. The average Bonchev–Trinajstić information content (AvgIpc) is 2.26. The molecule has 0 fully saturated rings. The minimum absolute atomic E-state index is 0.145. The van der Waals surface area contributed by atoms with E-state index < -0.39 is 0 Å². The monoisotopic (exact) mass is 235 g/mol. The third-order valence-corrected chi connectivity index (χ3v) is 2.17. The van der Waals surface area contributed by atoms with Crippen LogP contribution in [0.3, 0.4) is 0 Å². The fourth-order valence-corrected chi connectivity index (χ4v) is 1.45. The maximum atomic E-state index is 11.4. The van der Waals surface area contributed by atoms with Gasteiger partial charge in [0.25, 0.3) is 0 Å². The molecule has 0 aromatic heterocycles. The van der Waals surface area contributed by atoms with Crippen LogP contribution in [0.1, 0.15) is 25.8 Å². The molecule has 0 aliphatic rings. The van der Waals surface area contributed by atoms with Crippen LogP contribution in [-0.4, -0.2) is 17.9 Å². The first kappa shape index (κ1) is 13.2. The number of benzene rings is 1. The predicted molar refractivity (Wildman–Crippen MR) is 64.1 cm³/mol. The van der Waals surface area contributed by atoms with Crippen molar-refractivity contribution in [2.45, 2.75) is 32.9 Å². The lowest BCUT2D eigenvalue weighted by atomic mass is 10.2. The maximum Gasteiger partial charge on any atom is 0.308 e. The summed E-state index contributed by atoms with van der Waals surface area (Å²) >= 11 is 0. The highest BCUT2D eigenvalue weighted by Gasteiger charge is 2.10. The fraction of sp³-hybridized carbons (Fsp3) is 0.385. The molecule has 92 valence electrons. The van der Waals surface area contributed by atoms with E-state index in [1.54, 1.807) is 6.92 Å². The van der Waals surface area contributed by atoms with Gasteiger partial charge in [-0.05, 0) is 12.5 Å². The standard InChI is InChI=1S/C13H17NO3/c1-10(14-11(2)15)8-13(16)17-9-12-6-4-3-5-7-12/h3-7,10H,8-9H2,1-2H3,(H,14,15)/t10-/m1/s1. The summed E-state index contributed by atoms with van der Waals surface area (Å²) < 4.78 is 5.09. The van der Waals surface area contributed by atoms with E-state index in [0.29, 0.717) is 0 Å². The molecule has 0 aliphatic carbocycles. The second kappa shape index (κ2) is 6.68. The van der Waals surface area contributed by atoms with Crippen LogP contribution in [-0.2, 0) is 20.9 Å². The van der Waals surface area contributed by atoms with E-state index in [1.165, 1.54) is 6.92 Å². The van der Waals surface area contributed by atoms with Crippen LogP contribution in [0.5, 0.6) is 0 Å². The lowest BCUT2D eigenvalue weighted by molar-refractivity contribution is -0.145. The summed E-state index contributed by atoms with van der Waals surface area (Å²) in [4.78, 5) is 22.2. The van der Waals surface area contributed by atoms with E-state index in [0.717, 1.165) is 5.56 Å². The van der Waals surface area contributed by atoms with Crippen molar-refractivity contribution < 1.29 is 14.3 Å². The summed E-state index contributed by atoms with van der Waals surface area (Å²) in [5.41, 5.74) is 0.952. The molecule has 0 spiro atoms. The molecule has 0 aliphatic heterocycles. The Bertz CT molecular complexity index is 376. The summed E-state index contributed by atoms with van der Waals surface area (Å²) in [6.07, 6.45) is 0.187. The first-order valence-corrected chi connectivity index (χ1v) is 5.54. The van der Waals surface area contributed by atoms with Crippen molar-refractivity contribution >= 4 is 11.9 Å². The van der Waals surface area contributed by atoms with Crippen LogP contribution in [0, 0.1) is 0 Å². The largest absolute Gasteiger partial charge is 0.461 e. The van der Waals surface area contributed by atoms with Crippen LogP contribution in [0.25, 0.3) is 0 Å². The SMILES string of the molecule is CC(=O)N[C@H](C)CC(=O)OCc1ccccc1. The Hall–Kier alpha value is -1.84. The van der Waals surface area contributed by atoms with E-state index in [-0.39, 0.29) is 30.9 Å². The molecule has 0 saturated heterocycles. The molecule has 1 N–H and O–H groups in total. The highest BCUT2D eigenvalue weighted by molar-refractivity contribution is 5.75. The zero-order chi connectivity index (χ0) is 12.7. The van der Waals surface area contributed by atoms with Gasteiger partial charge in [-0.25, -0.2) is 0 Å². The first-order chi connectivity index (χ1) is 8.08. The van der Waals surface area contributed by atoms with Crippen molar-refractivity contribution in [2.24, 2.45) is 0 Å². The number of esters is 1. The first-order valence-electron chi connectivity index (χ1n) is 5.54. The molecule has 0 radical (unpaired) electrons. The van der Waals surface area contributed by atoms with Crippen LogP contribution < -0.4 is 5.32 Å². The molecule has 0 heterocycles. The molecule has 1 amide bonds. The van der Waals surface area contributed by atoms with Gasteiger partial charge in [-0.15, -0.1) is 0 Å². The van der Waals surface area contributed by atoms with E-state index >= 15 is 0 Å². The molecule has 17 heavy (non-hydrogen) atoms. The Kier molecular flexibility index (Phi) is 5.20. The summed E-state index contributed by atoms with van der Waals surface area (Å²) in [7, 11) is 0. The second-order valence-electron chi connectivity index (χ2n) is 3.95. The molecule has 1 atom stereocenters. The van der Waals surface area contributed by atoms with Crippen molar-refractivity contribution in [1.29, 1.82) is 0 Å². The molecule has 1 aromatic rings. The van der Waals surface area contributed by atoms with Gasteiger partial charge in [0.15, 0.2) is 0 Å². The van der Waals surface area contributed by atoms with Crippen molar-refractivity contribution in [3.8, 4) is 0 Å². The quantitative estimate of drug-likeness (QED) is 0.789. The van der Waals surface area contributed by atoms with Gasteiger partial charge < -0.3 is 10.1 Å². The van der Waals surface area contributed by atoms with Gasteiger partial charge in [0, 0.05) is 13.0 Å². The highest BCUT2D eigenvalue weighted by atomic mass is 16.5. The Labute approximate surface area is 101 Å². The number of hydrogen-bond donors (Lipinski definition) is 1. The second-order valence-corrected chi connectivity index (χ2v) is 3.95. The minimum atomic E-state index is -0.310. The zero-order valence-electron chi connectivity index (χ0n) is 10.1. The van der Waals surface area contributed by atoms with E-state index in [2.05, 4.69) is 5.32 Å². The summed E-state index contributed by atoms with van der Waals surface area (Å²) in [6, 6.07) is 9.28.